The maximum atomic E-state index is 6.57. The van der Waals surface area contributed by atoms with Crippen LogP contribution in [0.2, 0.25) is 0 Å². The van der Waals surface area contributed by atoms with E-state index in [9.17, 15) is 0 Å². The van der Waals surface area contributed by atoms with Crippen LogP contribution in [0.3, 0.4) is 0 Å². The van der Waals surface area contributed by atoms with Gasteiger partial charge in [0.1, 0.15) is 16.8 Å². The van der Waals surface area contributed by atoms with Crippen molar-refractivity contribution in [3.05, 3.63) is 158 Å². The third kappa shape index (κ3) is 3.46. The summed E-state index contributed by atoms with van der Waals surface area (Å²) in [6.45, 7) is 0. The largest absolute Gasteiger partial charge is 0.452 e. The second-order valence-electron chi connectivity index (χ2n) is 14.1. The Balaban J connectivity index is 1.22. The van der Waals surface area contributed by atoms with E-state index in [2.05, 4.69) is 149 Å². The normalized spacial score (nSPS) is 12.5. The summed E-state index contributed by atoms with van der Waals surface area (Å²) in [7, 11) is 0. The Kier molecular flexibility index (Phi) is 5.06. The molecule has 0 fully saturated rings. The molecule has 1 aliphatic carbocycles. The number of rotatable bonds is 3. The SMILES string of the molecule is c1ccc(-n2c3ccc4cccc5c4c3c3c4c6c-5cccc6n(-c5nc(-c6ccc7ccccc7c6)c6oc7ccccc7c6n5)c4ccc32)cc1. The Labute approximate surface area is 301 Å². The molecular formula is C48H26N4O. The van der Waals surface area contributed by atoms with Gasteiger partial charge in [0.2, 0.25) is 5.95 Å². The topological polar surface area (TPSA) is 48.8 Å². The highest BCUT2D eigenvalue weighted by Gasteiger charge is 2.28. The molecule has 5 nitrogen and oxygen atoms in total. The van der Waals surface area contributed by atoms with Crippen LogP contribution in [0, 0.1) is 0 Å². The molecule has 0 radical (unpaired) electrons. The summed E-state index contributed by atoms with van der Waals surface area (Å²) >= 11 is 0. The van der Waals surface area contributed by atoms with Crippen LogP contribution in [-0.4, -0.2) is 19.1 Å². The van der Waals surface area contributed by atoms with Crippen molar-refractivity contribution in [2.24, 2.45) is 0 Å². The number of hydrogen-bond acceptors (Lipinski definition) is 3. The van der Waals surface area contributed by atoms with Gasteiger partial charge in [-0.1, -0.05) is 103 Å². The fourth-order valence-corrected chi connectivity index (χ4v) is 9.25. The van der Waals surface area contributed by atoms with Crippen LogP contribution >= 0.6 is 0 Å². The van der Waals surface area contributed by atoms with Crippen LogP contribution in [0.5, 0.6) is 0 Å². The van der Waals surface area contributed by atoms with Gasteiger partial charge in [-0.2, -0.15) is 0 Å². The molecular weight excluding hydrogens is 649 g/mol. The van der Waals surface area contributed by atoms with Gasteiger partial charge in [-0.05, 0) is 87.3 Å². The molecule has 0 spiro atoms. The molecule has 4 heterocycles. The maximum Gasteiger partial charge on any atom is 0.236 e. The zero-order valence-electron chi connectivity index (χ0n) is 28.2. The van der Waals surface area contributed by atoms with Crippen molar-refractivity contribution in [1.29, 1.82) is 0 Å². The summed E-state index contributed by atoms with van der Waals surface area (Å²) in [6, 6.07) is 56.4. The first-order valence-electron chi connectivity index (χ1n) is 18.0. The Bertz CT molecular complexity index is 3570. The monoisotopic (exact) mass is 674 g/mol. The van der Waals surface area contributed by atoms with Gasteiger partial charge < -0.3 is 8.98 Å². The highest BCUT2D eigenvalue weighted by molar-refractivity contribution is 6.38. The molecule has 5 heteroatoms. The van der Waals surface area contributed by atoms with E-state index in [0.29, 0.717) is 11.5 Å². The van der Waals surface area contributed by atoms with E-state index in [4.69, 9.17) is 14.4 Å². The summed E-state index contributed by atoms with van der Waals surface area (Å²) in [6.07, 6.45) is 0. The van der Waals surface area contributed by atoms with E-state index in [1.165, 1.54) is 59.9 Å². The summed E-state index contributed by atoms with van der Waals surface area (Å²) < 4.78 is 11.3. The average molecular weight is 675 g/mol. The number of fused-ring (bicyclic) bond motifs is 5. The van der Waals surface area contributed by atoms with Gasteiger partial charge >= 0.3 is 0 Å². The van der Waals surface area contributed by atoms with Crippen molar-refractivity contribution in [2.75, 3.05) is 0 Å². The van der Waals surface area contributed by atoms with Crippen molar-refractivity contribution < 1.29 is 4.42 Å². The zero-order chi connectivity index (χ0) is 34.4. The van der Waals surface area contributed by atoms with Gasteiger partial charge in [0.25, 0.3) is 0 Å². The van der Waals surface area contributed by atoms with Crippen LogP contribution in [0.15, 0.2) is 162 Å². The van der Waals surface area contributed by atoms with Crippen LogP contribution < -0.4 is 0 Å². The molecule has 12 aromatic rings. The molecule has 1 aliphatic rings. The molecule has 0 amide bonds. The Morgan fingerprint density at radius 2 is 1.08 bits per heavy atom. The third-order valence-electron chi connectivity index (χ3n) is 11.4. The molecule has 0 atom stereocenters. The molecule has 0 N–H and O–H groups in total. The highest BCUT2D eigenvalue weighted by atomic mass is 16.3. The molecule has 53 heavy (non-hydrogen) atoms. The minimum absolute atomic E-state index is 0.620. The second kappa shape index (κ2) is 9.75. The van der Waals surface area contributed by atoms with Crippen LogP contribution in [0.25, 0.3) is 121 Å². The molecule has 13 rings (SSSR count). The lowest BCUT2D eigenvalue weighted by Crippen LogP contribution is -2.03. The van der Waals surface area contributed by atoms with E-state index in [1.807, 2.05) is 18.2 Å². The minimum atomic E-state index is 0.620. The van der Waals surface area contributed by atoms with Gasteiger partial charge in [0.15, 0.2) is 5.58 Å². The highest BCUT2D eigenvalue weighted by Crippen LogP contribution is 2.51. The van der Waals surface area contributed by atoms with Gasteiger partial charge in [-0.25, -0.2) is 9.97 Å². The lowest BCUT2D eigenvalue weighted by molar-refractivity contribution is 0.666. The third-order valence-corrected chi connectivity index (χ3v) is 11.4. The minimum Gasteiger partial charge on any atom is -0.452 e. The van der Waals surface area contributed by atoms with E-state index >= 15 is 0 Å². The predicted molar refractivity (Wildman–Crippen MR) is 217 cm³/mol. The fraction of sp³-hybridized carbons (Fsp3) is 0. The Hall–Kier alpha value is -7.24. The van der Waals surface area contributed by atoms with Crippen molar-refractivity contribution in [2.45, 2.75) is 0 Å². The first-order chi connectivity index (χ1) is 26.3. The summed E-state index contributed by atoms with van der Waals surface area (Å²) in [5.41, 5.74) is 12.2. The number of para-hydroxylation sites is 2. The first kappa shape index (κ1) is 27.5. The van der Waals surface area contributed by atoms with Crippen molar-refractivity contribution >= 4 is 87.2 Å². The van der Waals surface area contributed by atoms with E-state index in [0.717, 1.165) is 49.9 Å². The Morgan fingerprint density at radius 1 is 0.434 bits per heavy atom. The maximum absolute atomic E-state index is 6.57. The lowest BCUT2D eigenvalue weighted by atomic mass is 9.95. The van der Waals surface area contributed by atoms with Crippen LogP contribution in [0.4, 0.5) is 0 Å². The molecule has 0 bridgehead atoms. The fourth-order valence-electron chi connectivity index (χ4n) is 9.25. The number of aromatic nitrogens is 4. The first-order valence-corrected chi connectivity index (χ1v) is 18.0. The van der Waals surface area contributed by atoms with Crippen LogP contribution in [-0.2, 0) is 0 Å². The Morgan fingerprint density at radius 3 is 1.96 bits per heavy atom. The molecule has 0 saturated carbocycles. The zero-order valence-corrected chi connectivity index (χ0v) is 28.2. The number of nitrogens with zero attached hydrogens (tertiary/aromatic N) is 4. The quantitative estimate of drug-likeness (QED) is 0.187. The average Bonchev–Trinajstić information content (AvgIpc) is 3.85. The summed E-state index contributed by atoms with van der Waals surface area (Å²) in [5, 5.41) is 10.8. The molecule has 0 unspecified atom stereocenters. The van der Waals surface area contributed by atoms with E-state index in [1.54, 1.807) is 0 Å². The summed E-state index contributed by atoms with van der Waals surface area (Å²) in [5.74, 6) is 0.620. The van der Waals surface area contributed by atoms with Gasteiger partial charge in [0.05, 0.1) is 22.1 Å². The molecule has 244 valence electrons. The second-order valence-corrected chi connectivity index (χ2v) is 14.1. The molecule has 8 aromatic carbocycles. The predicted octanol–water partition coefficient (Wildman–Crippen LogP) is 12.5. The molecule has 0 saturated heterocycles. The number of benzene rings is 8. The van der Waals surface area contributed by atoms with Crippen LogP contribution in [0.1, 0.15) is 0 Å². The summed E-state index contributed by atoms with van der Waals surface area (Å²) in [4.78, 5) is 10.8. The standard InChI is InChI=1S/C48H26N4O/c1-2-13-31(14-3-1)51-36-23-22-28-12-8-16-32-33-17-9-18-35-41(33)43-38(25-24-37(51)44(43)42(36)40(28)32)52(35)48-49-45(30-21-20-27-10-4-5-11-29(27)26-30)47-46(50-48)34-15-6-7-19-39(34)53-47/h1-26H. The van der Waals surface area contributed by atoms with E-state index in [-0.39, 0.29) is 0 Å². The molecule has 0 aliphatic heterocycles. The van der Waals surface area contributed by atoms with Gasteiger partial charge in [-0.3, -0.25) is 4.57 Å². The smallest absolute Gasteiger partial charge is 0.236 e. The lowest BCUT2D eigenvalue weighted by Gasteiger charge is -2.12. The number of hydrogen-bond donors (Lipinski definition) is 0. The van der Waals surface area contributed by atoms with E-state index < -0.39 is 0 Å². The van der Waals surface area contributed by atoms with Crippen molar-refractivity contribution in [1.82, 2.24) is 19.1 Å². The van der Waals surface area contributed by atoms with Gasteiger partial charge in [-0.15, -0.1) is 0 Å². The van der Waals surface area contributed by atoms with Crippen molar-refractivity contribution in [3.63, 3.8) is 0 Å². The van der Waals surface area contributed by atoms with Crippen molar-refractivity contribution in [3.8, 4) is 34.0 Å². The molecule has 4 aromatic heterocycles. The number of furan rings is 1. The van der Waals surface area contributed by atoms with Gasteiger partial charge in [0, 0.05) is 38.2 Å².